The van der Waals surface area contributed by atoms with Gasteiger partial charge in [0.05, 0.1) is 18.3 Å². The minimum absolute atomic E-state index is 0. The van der Waals surface area contributed by atoms with E-state index in [0.29, 0.717) is 12.5 Å². The molecule has 2 heterocycles. The first kappa shape index (κ1) is 13.0. The zero-order valence-electron chi connectivity index (χ0n) is 8.95. The predicted octanol–water partition coefficient (Wildman–Crippen LogP) is 1.38. The molecule has 2 rings (SSSR count). The number of hydrogen-bond donors (Lipinski definition) is 0. The van der Waals surface area contributed by atoms with Crippen LogP contribution in [0.4, 0.5) is 0 Å². The Balaban J connectivity index is 0.000000980. The van der Waals surface area contributed by atoms with Gasteiger partial charge in [0.15, 0.2) is 0 Å². The van der Waals surface area contributed by atoms with Gasteiger partial charge < -0.3 is 14.2 Å². The molecule has 0 amide bonds. The quantitative estimate of drug-likeness (QED) is 0.643. The average molecular weight is 423 g/mol. The fourth-order valence-electron chi connectivity index (χ4n) is 2.25. The molecule has 0 aromatic heterocycles. The Bertz CT molecular complexity index is 190. The van der Waals surface area contributed by atoms with Crippen molar-refractivity contribution < 1.29 is 45.3 Å². The van der Waals surface area contributed by atoms with Gasteiger partial charge in [-0.3, -0.25) is 0 Å². The summed E-state index contributed by atoms with van der Waals surface area (Å²) in [5.41, 5.74) is -0.222. The largest absolute Gasteiger partial charge is 0.541 e. The smallest absolute Gasteiger partial charge is 0.0877 e. The molecule has 3 nitrogen and oxygen atoms in total. The van der Waals surface area contributed by atoms with Crippen LogP contribution in [0.25, 0.3) is 0 Å². The third kappa shape index (κ3) is 1.81. The molecule has 0 N–H and O–H groups in total. The number of hydrogen-bond acceptors (Lipinski definition) is 3. The van der Waals surface area contributed by atoms with Crippen molar-refractivity contribution in [3.63, 3.8) is 0 Å². The Kier molecular flexibility index (Phi) is 4.50. The first-order chi connectivity index (χ1) is 6.20. The fourth-order valence-corrected chi connectivity index (χ4v) is 2.25. The molecule has 4 atom stereocenters. The van der Waals surface area contributed by atoms with Gasteiger partial charge in [0, 0.05) is 37.7 Å². The van der Waals surface area contributed by atoms with Crippen LogP contribution >= 0.6 is 0 Å². The van der Waals surface area contributed by atoms with Gasteiger partial charge in [0.25, 0.3) is 0 Å². The normalized spacial score (nSPS) is 42.2. The molecule has 80 valence electrons. The monoisotopic (exact) mass is 423 g/mol. The Hall–Kier alpha value is 0.932. The molecule has 0 aromatic carbocycles. The first-order valence-corrected chi connectivity index (χ1v) is 4.95. The molecular weight excluding hydrogens is 406 g/mol. The van der Waals surface area contributed by atoms with Crippen molar-refractivity contribution >= 4 is 0 Å². The van der Waals surface area contributed by atoms with Gasteiger partial charge in [-0.15, -0.1) is 0 Å². The van der Waals surface area contributed by atoms with Crippen molar-refractivity contribution in [2.24, 2.45) is 5.92 Å². The van der Waals surface area contributed by atoms with Gasteiger partial charge >= 0.3 is 0 Å². The summed E-state index contributed by atoms with van der Waals surface area (Å²) in [5, 5.41) is 0. The molecule has 2 aliphatic rings. The van der Waals surface area contributed by atoms with Crippen LogP contribution in [0.3, 0.4) is 0 Å². The fraction of sp³-hybridized carbons (Fsp3) is 0.900. The number of ether oxygens (including phenoxy) is 3. The summed E-state index contributed by atoms with van der Waals surface area (Å²) in [4.78, 5) is 0. The van der Waals surface area contributed by atoms with Crippen molar-refractivity contribution in [2.75, 3.05) is 13.2 Å². The third-order valence-corrected chi connectivity index (χ3v) is 3.29. The molecule has 2 bridgehead atoms. The minimum Gasteiger partial charge on any atom is -0.541 e. The summed E-state index contributed by atoms with van der Waals surface area (Å²) < 4.78 is 16.9. The van der Waals surface area contributed by atoms with E-state index in [9.17, 15) is 0 Å². The Morgan fingerprint density at radius 2 is 2.36 bits per heavy atom. The van der Waals surface area contributed by atoms with E-state index in [0.717, 1.165) is 6.61 Å². The second-order valence-electron chi connectivity index (χ2n) is 3.87. The number of fused-ring (bicyclic) bond motifs is 2. The summed E-state index contributed by atoms with van der Waals surface area (Å²) in [6.07, 6.45) is 0.277. The van der Waals surface area contributed by atoms with Crippen LogP contribution in [0.5, 0.6) is 0 Å². The van der Waals surface area contributed by atoms with Crippen molar-refractivity contribution in [1.29, 1.82) is 0 Å². The van der Waals surface area contributed by atoms with Gasteiger partial charge in [0.1, 0.15) is 0 Å². The topological polar surface area (TPSA) is 27.7 Å². The molecule has 0 radical (unpaired) electrons. The molecule has 0 saturated carbocycles. The molecule has 2 aliphatic heterocycles. The van der Waals surface area contributed by atoms with E-state index < -0.39 is 0 Å². The van der Waals surface area contributed by atoms with Crippen LogP contribution < -0.4 is 0 Å². The maximum atomic E-state index is 5.69. The minimum atomic E-state index is -0.222. The van der Waals surface area contributed by atoms with E-state index in [1.54, 1.807) is 0 Å². The maximum absolute atomic E-state index is 5.69. The average Bonchev–Trinajstić information content (AvgIpc) is 2.62. The number of rotatable bonds is 3. The molecule has 2 fully saturated rings. The molecule has 2 saturated heterocycles. The van der Waals surface area contributed by atoms with Crippen molar-refractivity contribution in [3.05, 3.63) is 6.61 Å². The summed E-state index contributed by atoms with van der Waals surface area (Å²) >= 11 is 0. The van der Waals surface area contributed by atoms with Gasteiger partial charge in [-0.25, -0.2) is 0 Å². The molecule has 4 heteroatoms. The van der Waals surface area contributed by atoms with E-state index >= 15 is 0 Å². The van der Waals surface area contributed by atoms with Gasteiger partial charge in [0.2, 0.25) is 0 Å². The molecule has 0 spiro atoms. The Labute approximate surface area is 109 Å². The van der Waals surface area contributed by atoms with Crippen molar-refractivity contribution in [3.8, 4) is 0 Å². The van der Waals surface area contributed by atoms with Crippen molar-refractivity contribution in [1.82, 2.24) is 0 Å². The molecule has 0 aliphatic carbocycles. The van der Waals surface area contributed by atoms with Crippen LogP contribution in [0.1, 0.15) is 20.8 Å². The molecular formula is C10H17O3U-. The Morgan fingerprint density at radius 3 is 2.71 bits per heavy atom. The van der Waals surface area contributed by atoms with Gasteiger partial charge in [-0.05, 0) is 25.9 Å². The summed E-state index contributed by atoms with van der Waals surface area (Å²) in [6, 6.07) is 0. The third-order valence-electron chi connectivity index (χ3n) is 3.29. The van der Waals surface area contributed by atoms with Crippen LogP contribution in [0, 0.1) is 43.6 Å². The van der Waals surface area contributed by atoms with Crippen LogP contribution in [0.15, 0.2) is 0 Å². The van der Waals surface area contributed by atoms with Gasteiger partial charge in [-0.1, -0.05) is 6.92 Å². The maximum Gasteiger partial charge on any atom is 0.0877 e. The zero-order chi connectivity index (χ0) is 9.47. The van der Waals surface area contributed by atoms with E-state index in [-0.39, 0.29) is 48.9 Å². The first-order valence-electron chi connectivity index (χ1n) is 4.95. The van der Waals surface area contributed by atoms with Gasteiger partial charge in [-0.2, -0.15) is 6.61 Å². The van der Waals surface area contributed by atoms with E-state index in [1.165, 1.54) is 0 Å². The molecule has 0 aromatic rings. The predicted molar refractivity (Wildman–Crippen MR) is 48.1 cm³/mol. The second-order valence-corrected chi connectivity index (χ2v) is 3.87. The molecule has 14 heavy (non-hydrogen) atoms. The Morgan fingerprint density at radius 1 is 1.64 bits per heavy atom. The molecule has 1 unspecified atom stereocenters. The zero-order valence-corrected chi connectivity index (χ0v) is 13.1. The van der Waals surface area contributed by atoms with E-state index in [1.807, 2.05) is 13.5 Å². The van der Waals surface area contributed by atoms with Crippen LogP contribution in [0.2, 0.25) is 0 Å². The van der Waals surface area contributed by atoms with E-state index in [2.05, 4.69) is 13.8 Å². The summed E-state index contributed by atoms with van der Waals surface area (Å²) in [5.74, 6) is 0.411. The second kappa shape index (κ2) is 4.84. The summed E-state index contributed by atoms with van der Waals surface area (Å²) in [6.45, 7) is 9.43. The van der Waals surface area contributed by atoms with E-state index in [4.69, 9.17) is 14.2 Å². The van der Waals surface area contributed by atoms with Crippen LogP contribution in [-0.2, 0) is 14.2 Å². The SMILES string of the molecule is CCOC(C)[C@@]12CO[C@@H]([CH-]O1)[C@@H]2C.[U]. The van der Waals surface area contributed by atoms with Crippen molar-refractivity contribution in [2.45, 2.75) is 38.6 Å². The summed E-state index contributed by atoms with van der Waals surface area (Å²) in [7, 11) is 0. The van der Waals surface area contributed by atoms with Crippen LogP contribution in [-0.4, -0.2) is 31.0 Å². The standard InChI is InChI=1S/C10H17O3.U/c1-4-11-8(3)10-6-12-9(5-13-10)7(10)2;/h5,7-9H,4,6H2,1-3H3;/q-1;/t7-,8?,9-,10-;/m0./s1.